The molecule has 1 nitrogen and oxygen atoms in total. The van der Waals surface area contributed by atoms with Gasteiger partial charge in [0.2, 0.25) is 0 Å². The zero-order valence-electron chi connectivity index (χ0n) is 7.43. The van der Waals surface area contributed by atoms with E-state index in [0.717, 1.165) is 6.54 Å². The Labute approximate surface area is 82.7 Å². The van der Waals surface area contributed by atoms with Crippen molar-refractivity contribution < 1.29 is 0 Å². The van der Waals surface area contributed by atoms with Gasteiger partial charge in [0.25, 0.3) is 0 Å². The Bertz CT molecular complexity index is 218. The summed E-state index contributed by atoms with van der Waals surface area (Å²) in [5, 5.41) is 7.62. The summed E-state index contributed by atoms with van der Waals surface area (Å²) in [6.07, 6.45) is 0. The van der Waals surface area contributed by atoms with Gasteiger partial charge >= 0.3 is 0 Å². The highest BCUT2D eigenvalue weighted by atomic mass is 35.5. The van der Waals surface area contributed by atoms with Crippen molar-refractivity contribution in [3.63, 3.8) is 0 Å². The van der Waals surface area contributed by atoms with Crippen LogP contribution >= 0.6 is 22.9 Å². The number of hydrogen-bond donors (Lipinski definition) is 1. The lowest BCUT2D eigenvalue weighted by molar-refractivity contribution is 0.430. The van der Waals surface area contributed by atoms with Crippen LogP contribution in [0.2, 0.25) is 0 Å². The van der Waals surface area contributed by atoms with E-state index in [4.69, 9.17) is 11.6 Å². The Balaban J connectivity index is 2.36. The molecule has 1 aromatic heterocycles. The fourth-order valence-corrected chi connectivity index (χ4v) is 1.54. The maximum absolute atomic E-state index is 5.77. The molecule has 1 heterocycles. The van der Waals surface area contributed by atoms with E-state index < -0.39 is 0 Å². The summed E-state index contributed by atoms with van der Waals surface area (Å²) >= 11 is 7.50. The summed E-state index contributed by atoms with van der Waals surface area (Å²) in [6.45, 7) is 5.11. The zero-order chi connectivity index (χ0) is 9.03. The largest absolute Gasteiger partial charge is 0.307 e. The van der Waals surface area contributed by atoms with Gasteiger partial charge in [0.15, 0.2) is 0 Å². The van der Waals surface area contributed by atoms with E-state index in [-0.39, 0.29) is 5.54 Å². The lowest BCUT2D eigenvalue weighted by atomic mass is 10.1. The van der Waals surface area contributed by atoms with Crippen LogP contribution in [0.4, 0.5) is 0 Å². The van der Waals surface area contributed by atoms with Gasteiger partial charge in [-0.2, -0.15) is 11.3 Å². The van der Waals surface area contributed by atoms with Gasteiger partial charge in [0.1, 0.15) is 0 Å². The van der Waals surface area contributed by atoms with E-state index in [1.54, 1.807) is 11.3 Å². The van der Waals surface area contributed by atoms with Gasteiger partial charge in [0, 0.05) is 18.0 Å². The Kier molecular flexibility index (Phi) is 3.56. The van der Waals surface area contributed by atoms with E-state index in [1.807, 2.05) is 0 Å². The van der Waals surface area contributed by atoms with Crippen molar-refractivity contribution in [1.29, 1.82) is 0 Å². The molecule has 0 aliphatic carbocycles. The molecule has 0 unspecified atom stereocenters. The van der Waals surface area contributed by atoms with Crippen LogP contribution < -0.4 is 5.32 Å². The highest BCUT2D eigenvalue weighted by molar-refractivity contribution is 7.07. The summed E-state index contributed by atoms with van der Waals surface area (Å²) in [5.74, 6) is 0.636. The fraction of sp³-hybridized carbons (Fsp3) is 0.556. The molecule has 1 N–H and O–H groups in total. The molecule has 0 radical (unpaired) electrons. The van der Waals surface area contributed by atoms with Gasteiger partial charge < -0.3 is 5.32 Å². The second-order valence-corrected chi connectivity index (χ2v) is 4.55. The van der Waals surface area contributed by atoms with Crippen LogP contribution in [-0.4, -0.2) is 11.4 Å². The molecule has 0 bridgehead atoms. The molecule has 0 fully saturated rings. The summed E-state index contributed by atoms with van der Waals surface area (Å²) in [6, 6.07) is 2.13. The van der Waals surface area contributed by atoms with Crippen molar-refractivity contribution in [2.75, 3.05) is 5.88 Å². The average molecular weight is 204 g/mol. The van der Waals surface area contributed by atoms with Gasteiger partial charge in [-0.05, 0) is 36.2 Å². The van der Waals surface area contributed by atoms with Gasteiger partial charge in [0.05, 0.1) is 0 Å². The van der Waals surface area contributed by atoms with E-state index in [1.165, 1.54) is 5.56 Å². The highest BCUT2D eigenvalue weighted by Crippen LogP contribution is 2.09. The Morgan fingerprint density at radius 3 is 2.83 bits per heavy atom. The van der Waals surface area contributed by atoms with Crippen molar-refractivity contribution in [2.45, 2.75) is 25.9 Å². The molecule has 0 spiro atoms. The number of alkyl halides is 1. The Morgan fingerprint density at radius 2 is 2.33 bits per heavy atom. The summed E-state index contributed by atoms with van der Waals surface area (Å²) in [4.78, 5) is 0. The summed E-state index contributed by atoms with van der Waals surface area (Å²) in [5.41, 5.74) is 1.36. The molecule has 0 saturated heterocycles. The molecule has 12 heavy (non-hydrogen) atoms. The third-order valence-electron chi connectivity index (χ3n) is 1.69. The minimum Gasteiger partial charge on any atom is -0.307 e. The Hall–Kier alpha value is -0.0500. The molecule has 0 saturated carbocycles. The molecule has 0 aliphatic rings. The fourth-order valence-electron chi connectivity index (χ4n) is 0.782. The predicted octanol–water partition coefficient (Wildman–Crippen LogP) is 2.86. The average Bonchev–Trinajstić information content (AvgIpc) is 2.53. The molecular weight excluding hydrogens is 190 g/mol. The van der Waals surface area contributed by atoms with E-state index in [9.17, 15) is 0 Å². The quantitative estimate of drug-likeness (QED) is 0.743. The topological polar surface area (TPSA) is 12.0 Å². The number of halogens is 1. The third kappa shape index (κ3) is 3.13. The van der Waals surface area contributed by atoms with E-state index in [2.05, 4.69) is 36.0 Å². The first-order valence-electron chi connectivity index (χ1n) is 3.96. The predicted molar refractivity (Wildman–Crippen MR) is 56.0 cm³/mol. The minimum absolute atomic E-state index is 0.0312. The lowest BCUT2D eigenvalue weighted by Crippen LogP contribution is -2.40. The Morgan fingerprint density at radius 1 is 1.58 bits per heavy atom. The third-order valence-corrected chi connectivity index (χ3v) is 3.09. The van der Waals surface area contributed by atoms with Gasteiger partial charge in [-0.1, -0.05) is 0 Å². The molecule has 0 aromatic carbocycles. The first kappa shape index (κ1) is 10.0. The monoisotopic (exact) mass is 203 g/mol. The smallest absolute Gasteiger partial charge is 0.0400 e. The van der Waals surface area contributed by atoms with Crippen LogP contribution in [0.3, 0.4) is 0 Å². The van der Waals surface area contributed by atoms with Crippen molar-refractivity contribution in [1.82, 2.24) is 5.32 Å². The molecule has 0 amide bonds. The van der Waals surface area contributed by atoms with Crippen molar-refractivity contribution in [3.8, 4) is 0 Å². The van der Waals surface area contributed by atoms with E-state index >= 15 is 0 Å². The molecule has 0 aliphatic heterocycles. The van der Waals surface area contributed by atoms with Gasteiger partial charge in [-0.15, -0.1) is 11.6 Å². The first-order chi connectivity index (χ1) is 5.64. The number of thiophene rings is 1. The molecule has 68 valence electrons. The molecule has 1 aromatic rings. The van der Waals surface area contributed by atoms with Crippen LogP contribution in [0.25, 0.3) is 0 Å². The summed E-state index contributed by atoms with van der Waals surface area (Å²) < 4.78 is 0. The van der Waals surface area contributed by atoms with Crippen LogP contribution in [0.5, 0.6) is 0 Å². The normalized spacial score (nSPS) is 11.9. The van der Waals surface area contributed by atoms with Gasteiger partial charge in [-0.25, -0.2) is 0 Å². The molecular formula is C9H14ClNS. The van der Waals surface area contributed by atoms with Crippen LogP contribution in [-0.2, 0) is 6.54 Å². The number of nitrogens with one attached hydrogen (secondary N) is 1. The van der Waals surface area contributed by atoms with Crippen molar-refractivity contribution in [2.24, 2.45) is 0 Å². The SMILES string of the molecule is CC(C)(CCl)NCc1ccsc1. The van der Waals surface area contributed by atoms with Crippen LogP contribution in [0, 0.1) is 0 Å². The van der Waals surface area contributed by atoms with Crippen LogP contribution in [0.15, 0.2) is 16.8 Å². The summed E-state index contributed by atoms with van der Waals surface area (Å²) in [7, 11) is 0. The number of rotatable bonds is 4. The minimum atomic E-state index is 0.0312. The maximum atomic E-state index is 5.77. The number of hydrogen-bond acceptors (Lipinski definition) is 2. The molecule has 1 rings (SSSR count). The molecule has 0 atom stereocenters. The molecule has 3 heteroatoms. The lowest BCUT2D eigenvalue weighted by Gasteiger charge is -2.22. The second kappa shape index (κ2) is 4.26. The van der Waals surface area contributed by atoms with Gasteiger partial charge in [-0.3, -0.25) is 0 Å². The van der Waals surface area contributed by atoms with E-state index in [0.29, 0.717) is 5.88 Å². The second-order valence-electron chi connectivity index (χ2n) is 3.50. The first-order valence-corrected chi connectivity index (χ1v) is 5.44. The van der Waals surface area contributed by atoms with Crippen molar-refractivity contribution in [3.05, 3.63) is 22.4 Å². The van der Waals surface area contributed by atoms with Crippen LogP contribution in [0.1, 0.15) is 19.4 Å². The van der Waals surface area contributed by atoms with Crippen molar-refractivity contribution >= 4 is 22.9 Å². The highest BCUT2D eigenvalue weighted by Gasteiger charge is 2.14. The maximum Gasteiger partial charge on any atom is 0.0400 e. The zero-order valence-corrected chi connectivity index (χ0v) is 9.00. The standard InChI is InChI=1S/C9H14ClNS/c1-9(2,7-10)11-5-8-3-4-12-6-8/h3-4,6,11H,5,7H2,1-2H3.